The molecule has 0 saturated heterocycles. The van der Waals surface area contributed by atoms with Crippen molar-refractivity contribution < 1.29 is 9.53 Å². The number of aldehydes is 1. The Hall–Kier alpha value is -4.21. The van der Waals surface area contributed by atoms with Crippen LogP contribution in [-0.4, -0.2) is 44.4 Å². The summed E-state index contributed by atoms with van der Waals surface area (Å²) in [6.07, 6.45) is 10.6. The molecule has 0 bridgehead atoms. The fraction of sp³-hybridized carbons (Fsp3) is 0.346. The molecule has 4 heterocycles. The zero-order valence-corrected chi connectivity index (χ0v) is 21.1. The van der Waals surface area contributed by atoms with Crippen LogP contribution in [0.3, 0.4) is 0 Å². The molecule has 10 nitrogen and oxygen atoms in total. The van der Waals surface area contributed by atoms with Crippen LogP contribution < -0.4 is 20.9 Å². The van der Waals surface area contributed by atoms with Crippen molar-refractivity contribution in [3.8, 4) is 5.75 Å². The average Bonchev–Trinajstić information content (AvgIpc) is 3.69. The van der Waals surface area contributed by atoms with Crippen LogP contribution in [0.15, 0.2) is 60.0 Å². The van der Waals surface area contributed by atoms with Crippen molar-refractivity contribution >= 4 is 23.6 Å². The second-order valence-corrected chi connectivity index (χ2v) is 7.85. The molecule has 0 radical (unpaired) electrons. The predicted molar refractivity (Wildman–Crippen MR) is 141 cm³/mol. The Morgan fingerprint density at radius 2 is 1.86 bits per heavy atom. The van der Waals surface area contributed by atoms with Gasteiger partial charge >= 0.3 is 0 Å². The molecule has 190 valence electrons. The maximum atomic E-state index is 11.0. The number of carbonyl (C=O) groups is 1. The molecule has 0 aliphatic heterocycles. The maximum absolute atomic E-state index is 11.0. The number of fused-ring (bicyclic) bond motifs is 1. The van der Waals surface area contributed by atoms with Gasteiger partial charge in [0, 0.05) is 37.8 Å². The highest BCUT2D eigenvalue weighted by molar-refractivity contribution is 5.49. The van der Waals surface area contributed by atoms with Gasteiger partial charge in [0.05, 0.1) is 25.9 Å². The van der Waals surface area contributed by atoms with Crippen LogP contribution in [-0.2, 0) is 17.9 Å². The van der Waals surface area contributed by atoms with Gasteiger partial charge in [-0.05, 0) is 36.5 Å². The molecule has 0 spiro atoms. The molecule has 36 heavy (non-hydrogen) atoms. The predicted octanol–water partition coefficient (Wildman–Crippen LogP) is 3.74. The van der Waals surface area contributed by atoms with E-state index in [2.05, 4.69) is 54.5 Å². The van der Waals surface area contributed by atoms with E-state index in [1.807, 2.05) is 27.0 Å². The molecule has 0 unspecified atom stereocenters. The Labute approximate surface area is 210 Å². The number of ether oxygens (including phenoxy) is 1. The Kier molecular flexibility index (Phi) is 9.56. The summed E-state index contributed by atoms with van der Waals surface area (Å²) < 4.78 is 8.28. The summed E-state index contributed by atoms with van der Waals surface area (Å²) in [5.74, 6) is 2.91. The standard InChI is InChI=1S/C16H18N6.C8H9NO3.C2H6/c1-17-14-6-15(20-10-19-14)18-7-13-9-22-8-12(11-2-3-11)4-5-16(22)21-13;1-12-7-2-3-8(11)9(6-7)4-5-10;1-2/h4-6,8-11H,2-3,7H2,1H3,(H2,17,18,19,20);2-3,5-6H,4H2,1H3;1-2H3. The van der Waals surface area contributed by atoms with Gasteiger partial charge in [-0.15, -0.1) is 0 Å². The van der Waals surface area contributed by atoms with Crippen molar-refractivity contribution in [1.29, 1.82) is 0 Å². The lowest BCUT2D eigenvalue weighted by Gasteiger charge is -2.04. The molecule has 4 aromatic heterocycles. The van der Waals surface area contributed by atoms with Gasteiger partial charge < -0.3 is 29.1 Å². The number of hydrogen-bond acceptors (Lipinski definition) is 8. The molecule has 2 N–H and O–H groups in total. The zero-order chi connectivity index (χ0) is 25.9. The third-order valence-corrected chi connectivity index (χ3v) is 5.41. The first kappa shape index (κ1) is 26.4. The molecule has 1 aliphatic carbocycles. The summed E-state index contributed by atoms with van der Waals surface area (Å²) in [5.41, 5.74) is 3.19. The molecule has 1 saturated carbocycles. The lowest BCUT2D eigenvalue weighted by molar-refractivity contribution is -0.108. The van der Waals surface area contributed by atoms with Gasteiger partial charge in [0.25, 0.3) is 5.56 Å². The van der Waals surface area contributed by atoms with Crippen LogP contribution in [0.1, 0.15) is 43.9 Å². The first-order valence-corrected chi connectivity index (χ1v) is 12.0. The van der Waals surface area contributed by atoms with E-state index in [1.165, 1.54) is 42.3 Å². The molecular formula is C26H33N7O3. The van der Waals surface area contributed by atoms with Gasteiger partial charge in [-0.25, -0.2) is 15.0 Å². The van der Waals surface area contributed by atoms with E-state index < -0.39 is 0 Å². The van der Waals surface area contributed by atoms with Gasteiger partial charge in [0.2, 0.25) is 0 Å². The van der Waals surface area contributed by atoms with Crippen molar-refractivity contribution in [2.75, 3.05) is 24.8 Å². The molecule has 5 rings (SSSR count). The van der Waals surface area contributed by atoms with Crippen molar-refractivity contribution in [2.45, 2.75) is 45.7 Å². The molecule has 0 aromatic carbocycles. The minimum atomic E-state index is -0.206. The zero-order valence-electron chi connectivity index (χ0n) is 21.1. The van der Waals surface area contributed by atoms with Crippen molar-refractivity contribution in [3.05, 3.63) is 76.9 Å². The molecule has 0 amide bonds. The summed E-state index contributed by atoms with van der Waals surface area (Å²) in [5, 5.41) is 6.28. The number of nitrogens with zero attached hydrogens (tertiary/aromatic N) is 5. The fourth-order valence-electron chi connectivity index (χ4n) is 3.43. The van der Waals surface area contributed by atoms with Crippen LogP contribution in [0.25, 0.3) is 5.65 Å². The number of imidazole rings is 1. The van der Waals surface area contributed by atoms with Gasteiger partial charge in [-0.3, -0.25) is 4.79 Å². The number of hydrogen-bond donors (Lipinski definition) is 2. The first-order chi connectivity index (χ1) is 17.6. The average molecular weight is 492 g/mol. The summed E-state index contributed by atoms with van der Waals surface area (Å²) in [4.78, 5) is 34.1. The van der Waals surface area contributed by atoms with Gasteiger partial charge in [-0.1, -0.05) is 19.9 Å². The molecular weight excluding hydrogens is 458 g/mol. The van der Waals surface area contributed by atoms with Crippen molar-refractivity contribution in [3.63, 3.8) is 0 Å². The highest BCUT2D eigenvalue weighted by Crippen LogP contribution is 2.39. The number of methoxy groups -OCH3 is 1. The minimum absolute atomic E-state index is 0.0655. The maximum Gasteiger partial charge on any atom is 0.251 e. The first-order valence-electron chi connectivity index (χ1n) is 12.0. The highest BCUT2D eigenvalue weighted by atomic mass is 16.5. The van der Waals surface area contributed by atoms with E-state index in [-0.39, 0.29) is 12.1 Å². The second-order valence-electron chi connectivity index (χ2n) is 7.85. The van der Waals surface area contributed by atoms with Crippen LogP contribution in [0.2, 0.25) is 0 Å². The van der Waals surface area contributed by atoms with E-state index in [0.717, 1.165) is 28.9 Å². The Morgan fingerprint density at radius 3 is 2.56 bits per heavy atom. The molecule has 0 atom stereocenters. The van der Waals surface area contributed by atoms with E-state index in [4.69, 9.17) is 4.74 Å². The van der Waals surface area contributed by atoms with E-state index >= 15 is 0 Å². The van der Waals surface area contributed by atoms with Crippen LogP contribution in [0, 0.1) is 0 Å². The molecule has 10 heteroatoms. The quantitative estimate of drug-likeness (QED) is 0.358. The third-order valence-electron chi connectivity index (χ3n) is 5.41. The largest absolute Gasteiger partial charge is 0.495 e. The van der Waals surface area contributed by atoms with Crippen LogP contribution in [0.4, 0.5) is 11.6 Å². The minimum Gasteiger partial charge on any atom is -0.495 e. The summed E-state index contributed by atoms with van der Waals surface area (Å²) >= 11 is 0. The van der Waals surface area contributed by atoms with Crippen LogP contribution in [0.5, 0.6) is 5.75 Å². The highest BCUT2D eigenvalue weighted by Gasteiger charge is 2.23. The lowest BCUT2D eigenvalue weighted by atomic mass is 10.2. The molecule has 4 aromatic rings. The topological polar surface area (TPSA) is 115 Å². The van der Waals surface area contributed by atoms with E-state index in [9.17, 15) is 9.59 Å². The van der Waals surface area contributed by atoms with Gasteiger partial charge in [0.1, 0.15) is 35.6 Å². The number of nitrogens with one attached hydrogen (secondary N) is 2. The normalized spacial score (nSPS) is 12.0. The van der Waals surface area contributed by atoms with Gasteiger partial charge in [0.15, 0.2) is 0 Å². The number of aromatic nitrogens is 5. The summed E-state index contributed by atoms with van der Waals surface area (Å²) in [6, 6.07) is 9.09. The second kappa shape index (κ2) is 13.0. The van der Waals surface area contributed by atoms with Crippen molar-refractivity contribution in [2.24, 2.45) is 0 Å². The molecule has 1 aliphatic rings. The SMILES string of the molecule is CC.CNc1cc(NCc2cn3cc(C4CC4)ccc3n2)ncn1.COc1ccc(=O)n(CC=O)c1. The number of rotatable bonds is 8. The smallest absolute Gasteiger partial charge is 0.251 e. The van der Waals surface area contributed by atoms with Crippen LogP contribution >= 0.6 is 0 Å². The number of anilines is 2. The van der Waals surface area contributed by atoms with Crippen molar-refractivity contribution in [1.82, 2.24) is 23.9 Å². The summed E-state index contributed by atoms with van der Waals surface area (Å²) in [6.45, 7) is 4.71. The molecule has 1 fully saturated rings. The number of pyridine rings is 2. The lowest BCUT2D eigenvalue weighted by Crippen LogP contribution is -2.18. The Balaban J connectivity index is 0.000000220. The third kappa shape index (κ3) is 7.14. The summed E-state index contributed by atoms with van der Waals surface area (Å²) in [7, 11) is 3.34. The van der Waals surface area contributed by atoms with E-state index in [0.29, 0.717) is 18.6 Å². The number of carbonyl (C=O) groups excluding carboxylic acids is 1. The fourth-order valence-corrected chi connectivity index (χ4v) is 3.43. The Morgan fingerprint density at radius 1 is 1.08 bits per heavy atom. The van der Waals surface area contributed by atoms with Gasteiger partial charge in [-0.2, -0.15) is 0 Å². The monoisotopic (exact) mass is 491 g/mol. The van der Waals surface area contributed by atoms with E-state index in [1.54, 1.807) is 12.4 Å². The Bertz CT molecular complexity index is 1330.